The maximum Gasteiger partial charge on any atom is 0.262 e. The van der Waals surface area contributed by atoms with Gasteiger partial charge in [-0.1, -0.05) is 0 Å². The minimum absolute atomic E-state index is 0.0897. The summed E-state index contributed by atoms with van der Waals surface area (Å²) in [6.45, 7) is 4.85. The molecule has 19 heavy (non-hydrogen) atoms. The second-order valence-electron chi connectivity index (χ2n) is 4.63. The van der Waals surface area contributed by atoms with Gasteiger partial charge in [0.15, 0.2) is 5.03 Å². The molecule has 8 heteroatoms. The highest BCUT2D eigenvalue weighted by atomic mass is 32.2. The lowest BCUT2D eigenvalue weighted by molar-refractivity contribution is 0.514. The zero-order valence-electron chi connectivity index (χ0n) is 11.4. The van der Waals surface area contributed by atoms with E-state index in [0.29, 0.717) is 11.5 Å². The van der Waals surface area contributed by atoms with Crippen LogP contribution in [0.1, 0.15) is 5.82 Å². The lowest BCUT2D eigenvalue weighted by atomic mass is 10.3. The van der Waals surface area contributed by atoms with Gasteiger partial charge in [0.25, 0.3) is 10.0 Å². The van der Waals surface area contributed by atoms with Crippen molar-refractivity contribution in [2.45, 2.75) is 11.9 Å². The van der Waals surface area contributed by atoms with Gasteiger partial charge in [-0.3, -0.25) is 0 Å². The highest BCUT2D eigenvalue weighted by molar-refractivity contribution is 7.89. The molecule has 1 aromatic rings. The number of aryl methyl sites for hydroxylation is 1. The summed E-state index contributed by atoms with van der Waals surface area (Å²) >= 11 is 0. The largest absolute Gasteiger partial charge is 0.365 e. The standard InChI is InChI=1S/C11H19N5O2S/c1-9-13-8-10(16-6-4-12-5-7-16)11(14-9)19(17,18)15(2)3/h8,12H,4-7H2,1-3H3. The Kier molecular flexibility index (Phi) is 4.02. The molecule has 1 saturated heterocycles. The molecule has 0 saturated carbocycles. The summed E-state index contributed by atoms with van der Waals surface area (Å²) in [7, 11) is -0.543. The van der Waals surface area contributed by atoms with Crippen molar-refractivity contribution in [3.8, 4) is 0 Å². The van der Waals surface area contributed by atoms with Gasteiger partial charge in [0.2, 0.25) is 0 Å². The van der Waals surface area contributed by atoms with E-state index >= 15 is 0 Å². The third-order valence-corrected chi connectivity index (χ3v) is 4.79. The Morgan fingerprint density at radius 1 is 1.32 bits per heavy atom. The number of hydrogen-bond donors (Lipinski definition) is 1. The Bertz CT molecular complexity index is 552. The highest BCUT2D eigenvalue weighted by Gasteiger charge is 2.27. The number of hydrogen-bond acceptors (Lipinski definition) is 6. The van der Waals surface area contributed by atoms with Gasteiger partial charge in [0.1, 0.15) is 5.82 Å². The molecule has 0 unspecified atom stereocenters. The Morgan fingerprint density at radius 3 is 2.53 bits per heavy atom. The number of piperazine rings is 1. The van der Waals surface area contributed by atoms with Gasteiger partial charge >= 0.3 is 0 Å². The van der Waals surface area contributed by atoms with E-state index in [4.69, 9.17) is 0 Å². The third-order valence-electron chi connectivity index (χ3n) is 3.04. The van der Waals surface area contributed by atoms with Crippen LogP contribution < -0.4 is 10.2 Å². The molecular formula is C11H19N5O2S. The zero-order chi connectivity index (χ0) is 14.0. The lowest BCUT2D eigenvalue weighted by Gasteiger charge is -2.30. The van der Waals surface area contributed by atoms with E-state index in [9.17, 15) is 8.42 Å². The van der Waals surface area contributed by atoms with Crippen molar-refractivity contribution in [1.29, 1.82) is 0 Å². The average molecular weight is 285 g/mol. The van der Waals surface area contributed by atoms with Crippen LogP contribution in [0.25, 0.3) is 0 Å². The predicted octanol–water partition coefficient (Wildman–Crippen LogP) is -0.555. The van der Waals surface area contributed by atoms with E-state index < -0.39 is 10.0 Å². The van der Waals surface area contributed by atoms with Crippen molar-refractivity contribution in [3.05, 3.63) is 12.0 Å². The SMILES string of the molecule is Cc1ncc(N2CCNCC2)c(S(=O)(=O)N(C)C)n1. The first-order valence-corrected chi connectivity index (χ1v) is 7.59. The van der Waals surface area contributed by atoms with Crippen LogP contribution >= 0.6 is 0 Å². The molecule has 1 aliphatic rings. The molecule has 1 aromatic heterocycles. The molecule has 7 nitrogen and oxygen atoms in total. The van der Waals surface area contributed by atoms with Crippen LogP contribution in [0.5, 0.6) is 0 Å². The fourth-order valence-corrected chi connectivity index (χ4v) is 2.97. The van der Waals surface area contributed by atoms with E-state index in [1.54, 1.807) is 13.1 Å². The minimum Gasteiger partial charge on any atom is -0.365 e. The summed E-state index contributed by atoms with van der Waals surface area (Å²) in [5, 5.41) is 3.32. The number of aromatic nitrogens is 2. The molecule has 2 heterocycles. The van der Waals surface area contributed by atoms with Gasteiger partial charge in [0, 0.05) is 40.3 Å². The molecule has 0 spiro atoms. The van der Waals surface area contributed by atoms with E-state index in [-0.39, 0.29) is 5.03 Å². The molecule has 106 valence electrons. The zero-order valence-corrected chi connectivity index (χ0v) is 12.2. The van der Waals surface area contributed by atoms with Crippen LogP contribution in [0.15, 0.2) is 11.2 Å². The maximum atomic E-state index is 12.3. The molecule has 0 bridgehead atoms. The normalized spacial score (nSPS) is 16.9. The van der Waals surface area contributed by atoms with Gasteiger partial charge in [-0.25, -0.2) is 22.7 Å². The number of sulfonamides is 1. The summed E-state index contributed by atoms with van der Waals surface area (Å²) in [6.07, 6.45) is 1.60. The molecule has 0 aliphatic carbocycles. The van der Waals surface area contributed by atoms with E-state index in [2.05, 4.69) is 15.3 Å². The number of nitrogens with one attached hydrogen (secondary N) is 1. The molecule has 1 fully saturated rings. The molecule has 2 rings (SSSR count). The van der Waals surface area contributed by atoms with E-state index in [0.717, 1.165) is 26.2 Å². The monoisotopic (exact) mass is 285 g/mol. The summed E-state index contributed by atoms with van der Waals surface area (Å²) in [6, 6.07) is 0. The summed E-state index contributed by atoms with van der Waals surface area (Å²) in [5.74, 6) is 0.458. The van der Waals surface area contributed by atoms with Gasteiger partial charge in [0.05, 0.1) is 11.9 Å². The molecule has 0 amide bonds. The minimum atomic E-state index is -3.56. The van der Waals surface area contributed by atoms with Crippen LogP contribution in [0, 0.1) is 6.92 Å². The number of rotatable bonds is 3. The number of nitrogens with zero attached hydrogens (tertiary/aromatic N) is 4. The van der Waals surface area contributed by atoms with Crippen molar-refractivity contribution in [1.82, 2.24) is 19.6 Å². The van der Waals surface area contributed by atoms with Crippen molar-refractivity contribution < 1.29 is 8.42 Å². The third kappa shape index (κ3) is 2.85. The van der Waals surface area contributed by atoms with Crippen LogP contribution in [0.4, 0.5) is 5.69 Å². The molecule has 1 aliphatic heterocycles. The number of anilines is 1. The fraction of sp³-hybridized carbons (Fsp3) is 0.636. The van der Waals surface area contributed by atoms with Crippen molar-refractivity contribution in [2.24, 2.45) is 0 Å². The summed E-state index contributed by atoms with van der Waals surface area (Å²) < 4.78 is 25.9. The summed E-state index contributed by atoms with van der Waals surface area (Å²) in [5.41, 5.74) is 0.584. The second-order valence-corrected chi connectivity index (χ2v) is 6.70. The van der Waals surface area contributed by atoms with Crippen molar-refractivity contribution >= 4 is 15.7 Å². The first-order valence-electron chi connectivity index (χ1n) is 6.15. The topological polar surface area (TPSA) is 78.4 Å². The summed E-state index contributed by atoms with van der Waals surface area (Å²) in [4.78, 5) is 10.3. The van der Waals surface area contributed by atoms with Crippen LogP contribution in [0.3, 0.4) is 0 Å². The molecule has 0 aromatic carbocycles. The van der Waals surface area contributed by atoms with Gasteiger partial charge in [-0.05, 0) is 6.92 Å². The fourth-order valence-electron chi connectivity index (χ4n) is 1.93. The maximum absolute atomic E-state index is 12.3. The molecule has 1 N–H and O–H groups in total. The first-order chi connectivity index (χ1) is 8.93. The predicted molar refractivity (Wildman–Crippen MR) is 72.7 cm³/mol. The highest BCUT2D eigenvalue weighted by Crippen LogP contribution is 2.24. The average Bonchev–Trinajstić information content (AvgIpc) is 2.39. The Balaban J connectivity index is 2.49. The van der Waals surface area contributed by atoms with E-state index in [1.807, 2.05) is 4.90 Å². The molecule has 0 atom stereocenters. The smallest absolute Gasteiger partial charge is 0.262 e. The quantitative estimate of drug-likeness (QED) is 0.751. The van der Waals surface area contributed by atoms with Crippen LogP contribution in [-0.4, -0.2) is 63.0 Å². The van der Waals surface area contributed by atoms with E-state index in [1.165, 1.54) is 18.4 Å². The first kappa shape index (κ1) is 14.2. The Hall–Kier alpha value is -1.25. The van der Waals surface area contributed by atoms with Crippen LogP contribution in [-0.2, 0) is 10.0 Å². The van der Waals surface area contributed by atoms with Crippen molar-refractivity contribution in [2.75, 3.05) is 45.2 Å². The van der Waals surface area contributed by atoms with Gasteiger partial charge < -0.3 is 10.2 Å². The molecule has 0 radical (unpaired) electrons. The lowest BCUT2D eigenvalue weighted by Crippen LogP contribution is -2.44. The van der Waals surface area contributed by atoms with Gasteiger partial charge in [-0.15, -0.1) is 0 Å². The Labute approximate surface area is 113 Å². The molecular weight excluding hydrogens is 266 g/mol. The second kappa shape index (κ2) is 5.40. The Morgan fingerprint density at radius 2 is 1.95 bits per heavy atom. The van der Waals surface area contributed by atoms with Gasteiger partial charge in [-0.2, -0.15) is 0 Å². The van der Waals surface area contributed by atoms with Crippen molar-refractivity contribution in [3.63, 3.8) is 0 Å². The van der Waals surface area contributed by atoms with Crippen LogP contribution in [0.2, 0.25) is 0 Å².